The molecule has 7 heteroatoms. The standard InChI is InChI=1S/C11H14N2O4S/c1-18-8-4-2-7(3-5-8)12-11(17)13-9(6-14)10(15)16/h2-5,9,14H,6H2,1H3,(H,15,16)(H2,12,13,17)/t9-/m0/s1. The molecule has 0 bridgehead atoms. The fraction of sp³-hybridized carbons (Fsp3) is 0.273. The van der Waals surface area contributed by atoms with E-state index in [1.165, 1.54) is 0 Å². The summed E-state index contributed by atoms with van der Waals surface area (Å²) in [6.07, 6.45) is 1.94. The zero-order chi connectivity index (χ0) is 13.5. The van der Waals surface area contributed by atoms with Crippen LogP contribution in [0.15, 0.2) is 29.2 Å². The number of amides is 2. The van der Waals surface area contributed by atoms with E-state index in [0.29, 0.717) is 5.69 Å². The zero-order valence-electron chi connectivity index (χ0n) is 9.71. The van der Waals surface area contributed by atoms with Crippen molar-refractivity contribution in [1.29, 1.82) is 0 Å². The number of nitrogens with one attached hydrogen (secondary N) is 2. The third kappa shape index (κ3) is 4.27. The van der Waals surface area contributed by atoms with Gasteiger partial charge in [0.05, 0.1) is 6.61 Å². The molecule has 0 aromatic heterocycles. The van der Waals surface area contributed by atoms with Gasteiger partial charge in [-0.3, -0.25) is 0 Å². The summed E-state index contributed by atoms with van der Waals surface area (Å²) in [5.41, 5.74) is 0.548. The van der Waals surface area contributed by atoms with Crippen LogP contribution < -0.4 is 10.6 Å². The third-order valence-electron chi connectivity index (χ3n) is 2.13. The summed E-state index contributed by atoms with van der Waals surface area (Å²) < 4.78 is 0. The van der Waals surface area contributed by atoms with Crippen molar-refractivity contribution in [2.24, 2.45) is 0 Å². The van der Waals surface area contributed by atoms with Crippen LogP contribution in [0.2, 0.25) is 0 Å². The van der Waals surface area contributed by atoms with Crippen molar-refractivity contribution in [3.8, 4) is 0 Å². The summed E-state index contributed by atoms with van der Waals surface area (Å²) in [4.78, 5) is 23.1. The molecule has 0 saturated carbocycles. The van der Waals surface area contributed by atoms with Crippen molar-refractivity contribution >= 4 is 29.4 Å². The van der Waals surface area contributed by atoms with E-state index in [4.69, 9.17) is 10.2 Å². The van der Waals surface area contributed by atoms with Gasteiger partial charge < -0.3 is 20.8 Å². The molecule has 0 aliphatic rings. The van der Waals surface area contributed by atoms with Crippen molar-refractivity contribution in [1.82, 2.24) is 5.32 Å². The van der Waals surface area contributed by atoms with Crippen LogP contribution in [0.3, 0.4) is 0 Å². The molecule has 1 aromatic rings. The van der Waals surface area contributed by atoms with E-state index in [-0.39, 0.29) is 0 Å². The monoisotopic (exact) mass is 270 g/mol. The molecule has 1 rings (SSSR count). The molecule has 98 valence electrons. The molecule has 0 heterocycles. The van der Waals surface area contributed by atoms with Crippen molar-refractivity contribution in [2.75, 3.05) is 18.2 Å². The first kappa shape index (κ1) is 14.3. The van der Waals surface area contributed by atoms with Gasteiger partial charge in [0.1, 0.15) is 0 Å². The number of aliphatic hydroxyl groups is 1. The summed E-state index contributed by atoms with van der Waals surface area (Å²) in [6.45, 7) is -0.659. The normalized spacial score (nSPS) is 11.7. The highest BCUT2D eigenvalue weighted by Crippen LogP contribution is 2.17. The number of rotatable bonds is 5. The highest BCUT2D eigenvalue weighted by atomic mass is 32.2. The average Bonchev–Trinajstić information content (AvgIpc) is 2.36. The second kappa shape index (κ2) is 6.87. The van der Waals surface area contributed by atoms with Gasteiger partial charge in [0.15, 0.2) is 6.04 Å². The van der Waals surface area contributed by atoms with Crippen LogP contribution in [0, 0.1) is 0 Å². The quantitative estimate of drug-likeness (QED) is 0.598. The molecule has 0 aliphatic carbocycles. The number of carbonyl (C=O) groups is 2. The van der Waals surface area contributed by atoms with E-state index < -0.39 is 24.6 Å². The Balaban J connectivity index is 2.55. The molecular weight excluding hydrogens is 256 g/mol. The van der Waals surface area contributed by atoms with Gasteiger partial charge in [0, 0.05) is 10.6 Å². The van der Waals surface area contributed by atoms with Crippen molar-refractivity contribution < 1.29 is 19.8 Å². The van der Waals surface area contributed by atoms with Gasteiger partial charge in [-0.15, -0.1) is 11.8 Å². The highest BCUT2D eigenvalue weighted by Gasteiger charge is 2.18. The molecule has 1 aromatic carbocycles. The number of urea groups is 1. The number of carbonyl (C=O) groups excluding carboxylic acids is 1. The van der Waals surface area contributed by atoms with Gasteiger partial charge in [-0.25, -0.2) is 9.59 Å². The van der Waals surface area contributed by atoms with Crippen LogP contribution in [-0.4, -0.2) is 41.1 Å². The largest absolute Gasteiger partial charge is 0.480 e. The first-order valence-corrected chi connectivity index (χ1v) is 6.34. The van der Waals surface area contributed by atoms with Gasteiger partial charge in [0.2, 0.25) is 0 Å². The van der Waals surface area contributed by atoms with Gasteiger partial charge in [-0.1, -0.05) is 0 Å². The average molecular weight is 270 g/mol. The Hall–Kier alpha value is -1.73. The zero-order valence-corrected chi connectivity index (χ0v) is 10.5. The molecule has 0 fully saturated rings. The lowest BCUT2D eigenvalue weighted by Gasteiger charge is -2.12. The van der Waals surface area contributed by atoms with Crippen LogP contribution in [0.1, 0.15) is 0 Å². The lowest BCUT2D eigenvalue weighted by Crippen LogP contribution is -2.45. The summed E-state index contributed by atoms with van der Waals surface area (Å²) in [5.74, 6) is -1.29. The minimum atomic E-state index is -1.31. The molecule has 0 radical (unpaired) electrons. The fourth-order valence-corrected chi connectivity index (χ4v) is 1.59. The maximum atomic E-state index is 11.4. The van der Waals surface area contributed by atoms with Gasteiger partial charge in [-0.05, 0) is 30.5 Å². The Morgan fingerprint density at radius 2 is 1.94 bits per heavy atom. The van der Waals surface area contributed by atoms with Crippen LogP contribution in [-0.2, 0) is 4.79 Å². The van der Waals surface area contributed by atoms with Gasteiger partial charge in [0.25, 0.3) is 0 Å². The van der Waals surface area contributed by atoms with Crippen LogP contribution in [0.25, 0.3) is 0 Å². The number of thioether (sulfide) groups is 1. The first-order valence-electron chi connectivity index (χ1n) is 5.12. The Kier molecular flexibility index (Phi) is 5.47. The molecule has 0 aliphatic heterocycles. The molecule has 0 unspecified atom stereocenters. The maximum absolute atomic E-state index is 11.4. The lowest BCUT2D eigenvalue weighted by molar-refractivity contribution is -0.140. The number of carboxylic acid groups (broad SMARTS) is 1. The topological polar surface area (TPSA) is 98.7 Å². The van der Waals surface area contributed by atoms with Crippen LogP contribution in [0.5, 0.6) is 0 Å². The summed E-state index contributed by atoms with van der Waals surface area (Å²) >= 11 is 1.58. The van der Waals surface area contributed by atoms with Gasteiger partial charge in [-0.2, -0.15) is 0 Å². The molecule has 1 atom stereocenters. The minimum absolute atomic E-state index is 0.548. The highest BCUT2D eigenvalue weighted by molar-refractivity contribution is 7.98. The van der Waals surface area contributed by atoms with Crippen LogP contribution in [0.4, 0.5) is 10.5 Å². The fourth-order valence-electron chi connectivity index (χ4n) is 1.19. The van der Waals surface area contributed by atoms with E-state index in [9.17, 15) is 9.59 Å². The van der Waals surface area contributed by atoms with Gasteiger partial charge >= 0.3 is 12.0 Å². The first-order chi connectivity index (χ1) is 8.56. The van der Waals surface area contributed by atoms with Crippen molar-refractivity contribution in [3.05, 3.63) is 24.3 Å². The summed E-state index contributed by atoms with van der Waals surface area (Å²) in [6, 6.07) is 5.10. The van der Waals surface area contributed by atoms with Crippen LogP contribution >= 0.6 is 11.8 Å². The molecule has 2 amide bonds. The van der Waals surface area contributed by atoms with E-state index in [1.54, 1.807) is 23.9 Å². The lowest BCUT2D eigenvalue weighted by atomic mass is 10.3. The predicted molar refractivity (Wildman–Crippen MR) is 68.9 cm³/mol. The Labute approximate surface area is 108 Å². The maximum Gasteiger partial charge on any atom is 0.328 e. The van der Waals surface area contributed by atoms with Crippen molar-refractivity contribution in [3.63, 3.8) is 0 Å². The Morgan fingerprint density at radius 1 is 1.33 bits per heavy atom. The predicted octanol–water partition coefficient (Wildman–Crippen LogP) is 0.976. The Bertz CT molecular complexity index is 422. The molecular formula is C11H14N2O4S. The molecule has 6 nitrogen and oxygen atoms in total. The number of hydrogen-bond donors (Lipinski definition) is 4. The summed E-state index contributed by atoms with van der Waals surface area (Å²) in [7, 11) is 0. The minimum Gasteiger partial charge on any atom is -0.480 e. The number of benzene rings is 1. The number of aliphatic hydroxyl groups excluding tert-OH is 1. The Morgan fingerprint density at radius 3 is 2.39 bits per heavy atom. The van der Waals surface area contributed by atoms with E-state index in [2.05, 4.69) is 10.6 Å². The second-order valence-electron chi connectivity index (χ2n) is 3.40. The number of anilines is 1. The van der Waals surface area contributed by atoms with E-state index in [0.717, 1.165) is 4.90 Å². The third-order valence-corrected chi connectivity index (χ3v) is 2.88. The van der Waals surface area contributed by atoms with E-state index in [1.807, 2.05) is 18.4 Å². The number of hydrogen-bond acceptors (Lipinski definition) is 4. The molecule has 18 heavy (non-hydrogen) atoms. The molecule has 0 saturated heterocycles. The van der Waals surface area contributed by atoms with Crippen molar-refractivity contribution in [2.45, 2.75) is 10.9 Å². The number of carboxylic acids is 1. The molecule has 4 N–H and O–H groups in total. The van der Waals surface area contributed by atoms with E-state index >= 15 is 0 Å². The number of aliphatic carboxylic acids is 1. The second-order valence-corrected chi connectivity index (χ2v) is 4.28. The smallest absolute Gasteiger partial charge is 0.328 e. The SMILES string of the molecule is CSc1ccc(NC(=O)N[C@@H](CO)C(=O)O)cc1. The molecule has 0 spiro atoms. The summed E-state index contributed by atoms with van der Waals surface area (Å²) in [5, 5.41) is 22.0.